The van der Waals surface area contributed by atoms with Gasteiger partial charge in [-0.1, -0.05) is 42.6 Å². The van der Waals surface area contributed by atoms with Gasteiger partial charge in [0.2, 0.25) is 0 Å². The molecule has 4 aliphatic rings. The van der Waals surface area contributed by atoms with Crippen LogP contribution in [0.3, 0.4) is 0 Å². The number of aliphatic imine (C=N–C) groups is 1. The number of benzene rings is 1. The minimum Gasteiger partial charge on any atom is -0.490 e. The lowest BCUT2D eigenvalue weighted by molar-refractivity contribution is 0.0844. The summed E-state index contributed by atoms with van der Waals surface area (Å²) in [5.74, 6) is 1.20. The smallest absolute Gasteiger partial charge is 0.185 e. The van der Waals surface area contributed by atoms with Crippen molar-refractivity contribution in [3.63, 3.8) is 0 Å². The van der Waals surface area contributed by atoms with Crippen LogP contribution >= 0.6 is 35.3 Å². The SMILES string of the molecule is CC1=NC2C(CSN3CCN(/C(C=N)=C(\OCC4(C)CC4)C(O)Nc4cccc(Cl)c4)CC3)=C(N)C=CC2S1. The number of aliphatic hydroxyl groups excluding tert-OH is 1. The van der Waals surface area contributed by atoms with Gasteiger partial charge >= 0.3 is 0 Å². The molecule has 1 saturated heterocycles. The second-order valence-corrected chi connectivity index (χ2v) is 13.6. The van der Waals surface area contributed by atoms with Gasteiger partial charge in [0.1, 0.15) is 0 Å². The van der Waals surface area contributed by atoms with E-state index in [2.05, 4.69) is 34.4 Å². The summed E-state index contributed by atoms with van der Waals surface area (Å²) in [6, 6.07) is 7.36. The fourth-order valence-electron chi connectivity index (χ4n) is 4.87. The molecular formula is C28H37ClN6O2S2. The molecule has 1 saturated carbocycles. The van der Waals surface area contributed by atoms with E-state index in [1.165, 1.54) is 11.8 Å². The van der Waals surface area contributed by atoms with E-state index in [0.29, 0.717) is 34.0 Å². The van der Waals surface area contributed by atoms with Gasteiger partial charge in [-0.05, 0) is 49.6 Å². The molecule has 5 N–H and O–H groups in total. The number of allylic oxidation sites excluding steroid dienone is 2. The first-order valence-corrected chi connectivity index (χ1v) is 15.5. The second-order valence-electron chi connectivity index (χ2n) is 10.8. The number of hydrogen-bond acceptors (Lipinski definition) is 10. The van der Waals surface area contributed by atoms with E-state index >= 15 is 0 Å². The predicted octanol–water partition coefficient (Wildman–Crippen LogP) is 4.70. The molecule has 3 unspecified atom stereocenters. The predicted molar refractivity (Wildman–Crippen MR) is 164 cm³/mol. The Hall–Kier alpha value is -2.11. The molecule has 1 aromatic rings. The molecule has 0 amide bonds. The quantitative estimate of drug-likeness (QED) is 0.127. The van der Waals surface area contributed by atoms with Crippen molar-refractivity contribution in [1.29, 1.82) is 5.41 Å². The number of fused-ring (bicyclic) bond motifs is 1. The van der Waals surface area contributed by atoms with Crippen LogP contribution in [0.25, 0.3) is 0 Å². The van der Waals surface area contributed by atoms with Gasteiger partial charge in [0.15, 0.2) is 12.0 Å². The van der Waals surface area contributed by atoms with E-state index in [9.17, 15) is 5.11 Å². The fourth-order valence-corrected chi connectivity index (χ4v) is 7.22. The first-order valence-electron chi connectivity index (χ1n) is 13.3. The third kappa shape index (κ3) is 6.97. The van der Waals surface area contributed by atoms with Crippen molar-refractivity contribution in [3.8, 4) is 0 Å². The third-order valence-electron chi connectivity index (χ3n) is 7.56. The van der Waals surface area contributed by atoms with Gasteiger partial charge in [-0.3, -0.25) is 4.99 Å². The van der Waals surface area contributed by atoms with E-state index in [1.807, 2.05) is 30.0 Å². The van der Waals surface area contributed by atoms with Gasteiger partial charge in [-0.2, -0.15) is 0 Å². The highest BCUT2D eigenvalue weighted by Gasteiger charge is 2.39. The lowest BCUT2D eigenvalue weighted by Crippen LogP contribution is -2.44. The van der Waals surface area contributed by atoms with Crippen LogP contribution in [0.1, 0.15) is 26.7 Å². The van der Waals surface area contributed by atoms with Gasteiger partial charge < -0.3 is 31.2 Å². The highest BCUT2D eigenvalue weighted by atomic mass is 35.5. The van der Waals surface area contributed by atoms with Crippen LogP contribution in [-0.4, -0.2) is 81.6 Å². The van der Waals surface area contributed by atoms with Gasteiger partial charge in [0, 0.05) is 60.0 Å². The van der Waals surface area contributed by atoms with Crippen molar-refractivity contribution in [2.24, 2.45) is 16.1 Å². The molecule has 1 aromatic carbocycles. The van der Waals surface area contributed by atoms with Crippen LogP contribution in [-0.2, 0) is 4.74 Å². The molecule has 11 heteroatoms. The lowest BCUT2D eigenvalue weighted by atomic mass is 9.98. The van der Waals surface area contributed by atoms with Crippen LogP contribution in [0.2, 0.25) is 5.02 Å². The zero-order chi connectivity index (χ0) is 27.6. The summed E-state index contributed by atoms with van der Waals surface area (Å²) in [5, 5.41) is 24.6. The molecule has 5 rings (SSSR count). The summed E-state index contributed by atoms with van der Waals surface area (Å²) in [5.41, 5.74) is 9.82. The number of anilines is 1. The summed E-state index contributed by atoms with van der Waals surface area (Å²) in [6.07, 6.45) is 6.61. The van der Waals surface area contributed by atoms with Crippen LogP contribution in [0.4, 0.5) is 5.69 Å². The maximum Gasteiger partial charge on any atom is 0.185 e. The minimum absolute atomic E-state index is 0.133. The highest BCUT2D eigenvalue weighted by Crippen LogP contribution is 2.45. The van der Waals surface area contributed by atoms with Crippen molar-refractivity contribution in [3.05, 3.63) is 64.2 Å². The summed E-state index contributed by atoms with van der Waals surface area (Å²) in [6.45, 7) is 7.84. The summed E-state index contributed by atoms with van der Waals surface area (Å²) in [4.78, 5) is 6.96. The van der Waals surface area contributed by atoms with Crippen molar-refractivity contribution < 1.29 is 9.84 Å². The molecule has 2 aliphatic heterocycles. The number of piperazine rings is 1. The summed E-state index contributed by atoms with van der Waals surface area (Å²) < 4.78 is 8.59. The number of hydrogen-bond donors (Lipinski definition) is 4. The molecule has 0 bridgehead atoms. The Kier molecular flexibility index (Phi) is 8.88. The lowest BCUT2D eigenvalue weighted by Gasteiger charge is -2.37. The zero-order valence-electron chi connectivity index (χ0n) is 22.4. The normalized spacial score (nSPS) is 25.5. The zero-order valence-corrected chi connectivity index (χ0v) is 24.8. The van der Waals surface area contributed by atoms with Gasteiger partial charge in [0.25, 0.3) is 0 Å². The number of nitrogens with two attached hydrogens (primary N) is 1. The fraction of sp³-hybridized carbons (Fsp3) is 0.500. The van der Waals surface area contributed by atoms with Crippen molar-refractivity contribution in [1.82, 2.24) is 9.21 Å². The molecule has 0 aromatic heterocycles. The van der Waals surface area contributed by atoms with Gasteiger partial charge in [0.05, 0.1) is 28.6 Å². The average molecular weight is 589 g/mol. The Bertz CT molecular complexity index is 1210. The molecule has 39 heavy (non-hydrogen) atoms. The number of nitrogens with zero attached hydrogens (tertiary/aromatic N) is 3. The number of nitrogens with one attached hydrogen (secondary N) is 2. The molecule has 0 spiro atoms. The Morgan fingerprint density at radius 2 is 2.15 bits per heavy atom. The molecule has 0 radical (unpaired) electrons. The van der Waals surface area contributed by atoms with Crippen molar-refractivity contribution in [2.75, 3.05) is 43.9 Å². The Labute approximate surface area is 244 Å². The number of thioether (sulfide) groups is 1. The average Bonchev–Trinajstić information content (AvgIpc) is 3.52. The van der Waals surface area contributed by atoms with Crippen LogP contribution in [0, 0.1) is 10.8 Å². The molecule has 2 fully saturated rings. The Balaban J connectivity index is 1.24. The second kappa shape index (κ2) is 12.2. The summed E-state index contributed by atoms with van der Waals surface area (Å²) in [7, 11) is 0. The van der Waals surface area contributed by atoms with Crippen molar-refractivity contribution >= 4 is 52.3 Å². The van der Waals surface area contributed by atoms with E-state index < -0.39 is 6.23 Å². The highest BCUT2D eigenvalue weighted by molar-refractivity contribution is 8.14. The molecule has 2 heterocycles. The summed E-state index contributed by atoms with van der Waals surface area (Å²) >= 11 is 9.75. The maximum absolute atomic E-state index is 11.2. The van der Waals surface area contributed by atoms with Gasteiger partial charge in [-0.15, -0.1) is 11.8 Å². The maximum atomic E-state index is 11.2. The number of halogens is 1. The minimum atomic E-state index is -1.11. The Morgan fingerprint density at radius 3 is 2.85 bits per heavy atom. The van der Waals surface area contributed by atoms with E-state index in [4.69, 9.17) is 32.5 Å². The molecule has 2 aliphatic carbocycles. The topological polar surface area (TPSA) is 110 Å². The molecule has 8 nitrogen and oxygen atoms in total. The molecule has 3 atom stereocenters. The van der Waals surface area contributed by atoms with Crippen LogP contribution in [0.5, 0.6) is 0 Å². The first kappa shape index (κ1) is 28.4. The number of ether oxygens (including phenoxy) is 1. The molecular weight excluding hydrogens is 552 g/mol. The van der Waals surface area contributed by atoms with E-state index in [0.717, 1.165) is 55.5 Å². The first-order chi connectivity index (χ1) is 18.7. The van der Waals surface area contributed by atoms with Crippen molar-refractivity contribution in [2.45, 2.75) is 44.2 Å². The van der Waals surface area contributed by atoms with E-state index in [-0.39, 0.29) is 11.5 Å². The van der Waals surface area contributed by atoms with Gasteiger partial charge in [-0.25, -0.2) is 4.31 Å². The number of rotatable bonds is 11. The monoisotopic (exact) mass is 588 g/mol. The van der Waals surface area contributed by atoms with Crippen LogP contribution < -0.4 is 11.1 Å². The van der Waals surface area contributed by atoms with E-state index in [1.54, 1.807) is 24.1 Å². The standard InChI is InChI=1S/C28H37ClN6O2S2/c1-18-32-25-21(22(31)6-7-24(25)39-18)16-38-35-12-10-34(11-13-35)23(15-30)26(37-17-28(2)8-9-28)27(36)33-20-5-3-4-19(29)14-20/h3-7,14-15,24-25,27,30,33,36H,8-13,16-17,31H2,1-2H3/b26-23-,30-15?. The molecule has 210 valence electrons. The Morgan fingerprint density at radius 1 is 1.38 bits per heavy atom. The number of aliphatic hydroxyl groups is 1. The van der Waals surface area contributed by atoms with Crippen LogP contribution in [0.15, 0.2) is 64.1 Å². The largest absolute Gasteiger partial charge is 0.490 e. The third-order valence-corrected chi connectivity index (χ3v) is 10.1.